The number of furan rings is 1. The molecule has 3 aromatic rings. The summed E-state index contributed by atoms with van der Waals surface area (Å²) < 4.78 is 7.50. The highest BCUT2D eigenvalue weighted by molar-refractivity contribution is 7.19. The molecule has 3 heterocycles. The zero-order valence-corrected chi connectivity index (χ0v) is 12.5. The second-order valence-electron chi connectivity index (χ2n) is 4.77. The molecule has 6 heteroatoms. The largest absolute Gasteiger partial charge is 0.467 e. The van der Waals surface area contributed by atoms with Crippen LogP contribution in [0.5, 0.6) is 0 Å². The van der Waals surface area contributed by atoms with E-state index in [4.69, 9.17) is 4.42 Å². The van der Waals surface area contributed by atoms with E-state index in [0.29, 0.717) is 23.3 Å². The van der Waals surface area contributed by atoms with Crippen LogP contribution in [0, 0.1) is 6.92 Å². The third kappa shape index (κ3) is 2.38. The minimum atomic E-state index is -0.251. The Morgan fingerprint density at radius 1 is 1.43 bits per heavy atom. The molecule has 0 aliphatic rings. The maximum atomic E-state index is 12.4. The topological polar surface area (TPSA) is 64.2 Å². The number of nitrogens with zero attached hydrogens (tertiary/aromatic N) is 1. The van der Waals surface area contributed by atoms with Crippen molar-refractivity contribution in [2.24, 2.45) is 7.05 Å². The Hall–Kier alpha value is -2.34. The van der Waals surface area contributed by atoms with Crippen molar-refractivity contribution in [1.29, 1.82) is 0 Å². The van der Waals surface area contributed by atoms with Gasteiger partial charge in [-0.15, -0.1) is 11.3 Å². The van der Waals surface area contributed by atoms with Crippen LogP contribution in [-0.2, 0) is 13.6 Å². The molecule has 5 nitrogen and oxygen atoms in total. The number of aromatic nitrogens is 1. The summed E-state index contributed by atoms with van der Waals surface area (Å²) in [7, 11) is 1.68. The summed E-state index contributed by atoms with van der Waals surface area (Å²) in [6.07, 6.45) is 3.27. The summed E-state index contributed by atoms with van der Waals surface area (Å²) in [6, 6.07) is 5.41. The highest BCUT2D eigenvalue weighted by Gasteiger charge is 2.19. The SMILES string of the molecule is Cc1sc2ccn(C)c(=O)c2c1C(=O)NCc1ccco1. The molecule has 0 saturated heterocycles. The molecule has 0 aromatic carbocycles. The molecule has 0 bridgehead atoms. The van der Waals surface area contributed by atoms with Gasteiger partial charge in [-0.25, -0.2) is 0 Å². The summed E-state index contributed by atoms with van der Waals surface area (Å²) in [5.41, 5.74) is 0.308. The molecular weight excluding hydrogens is 288 g/mol. The van der Waals surface area contributed by atoms with Crippen molar-refractivity contribution in [2.45, 2.75) is 13.5 Å². The Bertz CT molecular complexity index is 859. The number of hydrogen-bond acceptors (Lipinski definition) is 4. The smallest absolute Gasteiger partial charge is 0.259 e. The fraction of sp³-hybridized carbons (Fsp3) is 0.200. The number of thiophene rings is 1. The van der Waals surface area contributed by atoms with Gasteiger partial charge in [0.05, 0.1) is 23.8 Å². The first-order valence-electron chi connectivity index (χ1n) is 6.47. The van der Waals surface area contributed by atoms with Gasteiger partial charge in [-0.3, -0.25) is 9.59 Å². The second kappa shape index (κ2) is 5.21. The molecular formula is C15H14N2O3S. The van der Waals surface area contributed by atoms with Gasteiger partial charge in [0.1, 0.15) is 5.76 Å². The zero-order chi connectivity index (χ0) is 15.0. The van der Waals surface area contributed by atoms with E-state index < -0.39 is 0 Å². The summed E-state index contributed by atoms with van der Waals surface area (Å²) in [5.74, 6) is 0.423. The number of amides is 1. The summed E-state index contributed by atoms with van der Waals surface area (Å²) in [6.45, 7) is 2.15. The number of carbonyl (C=O) groups is 1. The van der Waals surface area contributed by atoms with Gasteiger partial charge in [-0.05, 0) is 25.1 Å². The maximum Gasteiger partial charge on any atom is 0.259 e. The standard InChI is InChI=1S/C15H14N2O3S/c1-9-12(14(18)16-8-10-4-3-7-20-10)13-11(21-9)5-6-17(2)15(13)19/h3-7H,8H2,1-2H3,(H,16,18). The van der Waals surface area contributed by atoms with E-state index in [1.807, 2.05) is 13.0 Å². The van der Waals surface area contributed by atoms with E-state index >= 15 is 0 Å². The van der Waals surface area contributed by atoms with Gasteiger partial charge in [0.25, 0.3) is 11.5 Å². The van der Waals surface area contributed by atoms with E-state index in [0.717, 1.165) is 9.58 Å². The van der Waals surface area contributed by atoms with Crippen LogP contribution in [0.15, 0.2) is 39.9 Å². The van der Waals surface area contributed by atoms with Gasteiger partial charge < -0.3 is 14.3 Å². The number of pyridine rings is 1. The van der Waals surface area contributed by atoms with Gasteiger partial charge >= 0.3 is 0 Å². The number of carbonyl (C=O) groups excluding carboxylic acids is 1. The van der Waals surface area contributed by atoms with Crippen molar-refractivity contribution in [3.63, 3.8) is 0 Å². The zero-order valence-electron chi connectivity index (χ0n) is 11.7. The predicted molar refractivity (Wildman–Crippen MR) is 81.7 cm³/mol. The lowest BCUT2D eigenvalue weighted by Gasteiger charge is -2.04. The Morgan fingerprint density at radius 2 is 2.24 bits per heavy atom. The molecule has 1 amide bonds. The maximum absolute atomic E-state index is 12.4. The van der Waals surface area contributed by atoms with Crippen LogP contribution in [0.25, 0.3) is 10.1 Å². The second-order valence-corrected chi connectivity index (χ2v) is 6.02. The van der Waals surface area contributed by atoms with Crippen molar-refractivity contribution in [2.75, 3.05) is 0 Å². The summed E-state index contributed by atoms with van der Waals surface area (Å²) in [4.78, 5) is 25.5. The van der Waals surface area contributed by atoms with Gasteiger partial charge in [0.15, 0.2) is 0 Å². The van der Waals surface area contributed by atoms with Crippen molar-refractivity contribution in [3.05, 3.63) is 57.2 Å². The molecule has 108 valence electrons. The summed E-state index contributed by atoms with van der Waals surface area (Å²) in [5, 5.41) is 3.28. The molecule has 0 aliphatic heterocycles. The molecule has 0 saturated carbocycles. The van der Waals surface area contributed by atoms with Crippen LogP contribution < -0.4 is 10.9 Å². The van der Waals surface area contributed by atoms with E-state index in [-0.39, 0.29) is 11.5 Å². The Kier molecular flexibility index (Phi) is 3.39. The van der Waals surface area contributed by atoms with Crippen molar-refractivity contribution >= 4 is 27.3 Å². The monoisotopic (exact) mass is 302 g/mol. The molecule has 0 atom stereocenters. The predicted octanol–water partition coefficient (Wildman–Crippen LogP) is 2.43. The highest BCUT2D eigenvalue weighted by Crippen LogP contribution is 2.28. The molecule has 1 N–H and O–H groups in total. The normalized spacial score (nSPS) is 11.0. The van der Waals surface area contributed by atoms with Crippen LogP contribution in [0.2, 0.25) is 0 Å². The summed E-state index contributed by atoms with van der Waals surface area (Å²) >= 11 is 1.46. The highest BCUT2D eigenvalue weighted by atomic mass is 32.1. The minimum absolute atomic E-state index is 0.153. The molecule has 0 fully saturated rings. The van der Waals surface area contributed by atoms with Crippen LogP contribution in [0.1, 0.15) is 21.0 Å². The lowest BCUT2D eigenvalue weighted by atomic mass is 10.1. The lowest BCUT2D eigenvalue weighted by molar-refractivity contribution is 0.0949. The van der Waals surface area contributed by atoms with Crippen LogP contribution in [0.3, 0.4) is 0 Å². The first-order chi connectivity index (χ1) is 10.1. The third-order valence-corrected chi connectivity index (χ3v) is 4.40. The van der Waals surface area contributed by atoms with Crippen molar-refractivity contribution in [1.82, 2.24) is 9.88 Å². The van der Waals surface area contributed by atoms with E-state index in [1.54, 1.807) is 31.6 Å². The Morgan fingerprint density at radius 3 is 2.95 bits per heavy atom. The Balaban J connectivity index is 1.99. The lowest BCUT2D eigenvalue weighted by Crippen LogP contribution is -2.25. The average molecular weight is 302 g/mol. The molecule has 0 unspecified atom stereocenters. The van der Waals surface area contributed by atoms with Crippen molar-refractivity contribution < 1.29 is 9.21 Å². The number of aryl methyl sites for hydroxylation is 2. The number of hydrogen-bond donors (Lipinski definition) is 1. The van der Waals surface area contributed by atoms with Gasteiger partial charge in [0.2, 0.25) is 0 Å². The number of fused-ring (bicyclic) bond motifs is 1. The number of rotatable bonds is 3. The Labute approximate surface area is 124 Å². The van der Waals surface area contributed by atoms with Gasteiger partial charge in [0, 0.05) is 22.8 Å². The van der Waals surface area contributed by atoms with Gasteiger partial charge in [-0.1, -0.05) is 0 Å². The first kappa shape index (κ1) is 13.6. The third-order valence-electron chi connectivity index (χ3n) is 3.33. The molecule has 3 aromatic heterocycles. The molecule has 0 aliphatic carbocycles. The van der Waals surface area contributed by atoms with E-state index in [9.17, 15) is 9.59 Å². The average Bonchev–Trinajstić information content (AvgIpc) is 3.07. The molecule has 0 radical (unpaired) electrons. The van der Waals surface area contributed by atoms with E-state index in [1.165, 1.54) is 15.9 Å². The fourth-order valence-electron chi connectivity index (χ4n) is 2.26. The minimum Gasteiger partial charge on any atom is -0.467 e. The van der Waals surface area contributed by atoms with Crippen molar-refractivity contribution in [3.8, 4) is 0 Å². The van der Waals surface area contributed by atoms with Crippen LogP contribution in [0.4, 0.5) is 0 Å². The van der Waals surface area contributed by atoms with Crippen LogP contribution >= 0.6 is 11.3 Å². The number of nitrogens with one attached hydrogen (secondary N) is 1. The molecule has 0 spiro atoms. The first-order valence-corrected chi connectivity index (χ1v) is 7.29. The quantitative estimate of drug-likeness (QED) is 0.808. The fourth-order valence-corrected chi connectivity index (χ4v) is 3.31. The molecule has 21 heavy (non-hydrogen) atoms. The molecule has 3 rings (SSSR count). The van der Waals surface area contributed by atoms with Crippen LogP contribution in [-0.4, -0.2) is 10.5 Å². The van der Waals surface area contributed by atoms with Gasteiger partial charge in [-0.2, -0.15) is 0 Å². The van der Waals surface area contributed by atoms with E-state index in [2.05, 4.69) is 5.32 Å².